The van der Waals surface area contributed by atoms with Crippen LogP contribution in [0.2, 0.25) is 0 Å². The molecule has 1 fully saturated rings. The van der Waals surface area contributed by atoms with Crippen molar-refractivity contribution in [2.45, 2.75) is 51.5 Å². The summed E-state index contributed by atoms with van der Waals surface area (Å²) in [6, 6.07) is 5.37. The van der Waals surface area contributed by atoms with Gasteiger partial charge in [0.1, 0.15) is 12.2 Å². The van der Waals surface area contributed by atoms with Crippen LogP contribution in [-0.2, 0) is 27.8 Å². The predicted molar refractivity (Wildman–Crippen MR) is 110 cm³/mol. The Morgan fingerprint density at radius 1 is 1.24 bits per heavy atom. The molecule has 158 valence electrons. The van der Waals surface area contributed by atoms with E-state index in [1.54, 1.807) is 12.4 Å². The average molecular weight is 420 g/mol. The number of hydrogen-bond donors (Lipinski definition) is 1. The molecule has 3 rings (SSSR count). The first-order valence-electron chi connectivity index (χ1n) is 10.0. The minimum Gasteiger partial charge on any atom is -0.355 e. The van der Waals surface area contributed by atoms with Crippen LogP contribution in [0.3, 0.4) is 0 Å². The maximum absolute atomic E-state index is 13.0. The number of aryl methyl sites for hydroxylation is 3. The van der Waals surface area contributed by atoms with Crippen molar-refractivity contribution in [3.05, 3.63) is 41.5 Å². The first kappa shape index (κ1) is 21.4. The molecule has 0 unspecified atom stereocenters. The molecule has 8 nitrogen and oxygen atoms in total. The van der Waals surface area contributed by atoms with Crippen molar-refractivity contribution in [3.63, 3.8) is 0 Å². The summed E-state index contributed by atoms with van der Waals surface area (Å²) in [4.78, 5) is 12.8. The number of carbonyl (C=O) groups is 1. The molecule has 0 saturated carbocycles. The van der Waals surface area contributed by atoms with Gasteiger partial charge in [0.05, 0.1) is 4.90 Å². The highest BCUT2D eigenvalue weighted by Gasteiger charge is 2.32. The average Bonchev–Trinajstić information content (AvgIpc) is 3.15. The molecule has 1 aliphatic rings. The number of nitrogens with zero attached hydrogens (tertiary/aromatic N) is 4. The van der Waals surface area contributed by atoms with Crippen LogP contribution in [0.4, 0.5) is 0 Å². The number of carbonyl (C=O) groups excluding carboxylic acids is 1. The van der Waals surface area contributed by atoms with Crippen LogP contribution >= 0.6 is 0 Å². The van der Waals surface area contributed by atoms with E-state index in [1.165, 1.54) is 4.31 Å². The molecule has 2 aromatic rings. The maximum atomic E-state index is 13.0. The van der Waals surface area contributed by atoms with E-state index in [0.717, 1.165) is 23.5 Å². The third-order valence-corrected chi connectivity index (χ3v) is 7.52. The third kappa shape index (κ3) is 4.84. The lowest BCUT2D eigenvalue weighted by atomic mass is 9.97. The quantitative estimate of drug-likeness (QED) is 0.736. The standard InChI is InChI=1S/C20H29N5O3S/c1-4-24-14-22-23-19(24)7-10-21-20(26)17-8-11-25(12-9-17)29(27,28)18-6-5-15(2)13-16(18)3/h5-6,13-14,17H,4,7-12H2,1-3H3,(H,21,26). The number of piperidine rings is 1. The Morgan fingerprint density at radius 2 is 1.97 bits per heavy atom. The van der Waals surface area contributed by atoms with E-state index in [-0.39, 0.29) is 11.8 Å². The van der Waals surface area contributed by atoms with Gasteiger partial charge in [-0.2, -0.15) is 4.31 Å². The summed E-state index contributed by atoms with van der Waals surface area (Å²) < 4.78 is 29.4. The Bertz CT molecular complexity index is 962. The third-order valence-electron chi connectivity index (χ3n) is 5.46. The molecular weight excluding hydrogens is 390 g/mol. The molecule has 0 bridgehead atoms. The summed E-state index contributed by atoms with van der Waals surface area (Å²) in [7, 11) is -3.53. The van der Waals surface area contributed by atoms with Gasteiger partial charge >= 0.3 is 0 Å². The highest BCUT2D eigenvalue weighted by atomic mass is 32.2. The number of rotatable bonds is 7. The fourth-order valence-corrected chi connectivity index (χ4v) is 5.44. The molecule has 2 heterocycles. The molecule has 1 saturated heterocycles. The maximum Gasteiger partial charge on any atom is 0.243 e. The van der Waals surface area contributed by atoms with Crippen molar-refractivity contribution in [3.8, 4) is 0 Å². The second-order valence-electron chi connectivity index (χ2n) is 7.52. The van der Waals surface area contributed by atoms with Crippen LogP contribution in [0.5, 0.6) is 0 Å². The molecule has 1 aromatic carbocycles. The topological polar surface area (TPSA) is 97.2 Å². The summed E-state index contributed by atoms with van der Waals surface area (Å²) in [5, 5.41) is 10.9. The highest BCUT2D eigenvalue weighted by Crippen LogP contribution is 2.26. The van der Waals surface area contributed by atoms with Crippen molar-refractivity contribution < 1.29 is 13.2 Å². The monoisotopic (exact) mass is 419 g/mol. The van der Waals surface area contributed by atoms with Crippen molar-refractivity contribution in [1.82, 2.24) is 24.4 Å². The van der Waals surface area contributed by atoms with E-state index in [4.69, 9.17) is 0 Å². The van der Waals surface area contributed by atoms with Gasteiger partial charge in [0.15, 0.2) is 0 Å². The predicted octanol–water partition coefficient (Wildman–Crippen LogP) is 1.67. The van der Waals surface area contributed by atoms with Gasteiger partial charge in [-0.1, -0.05) is 17.7 Å². The van der Waals surface area contributed by atoms with Crippen LogP contribution in [-0.4, -0.2) is 53.0 Å². The number of nitrogens with one attached hydrogen (secondary N) is 1. The molecule has 0 atom stereocenters. The number of amides is 1. The van der Waals surface area contributed by atoms with Crippen LogP contribution in [0.15, 0.2) is 29.4 Å². The normalized spacial score (nSPS) is 16.1. The molecule has 1 aliphatic heterocycles. The molecule has 0 aliphatic carbocycles. The van der Waals surface area contributed by atoms with Crippen molar-refractivity contribution >= 4 is 15.9 Å². The van der Waals surface area contributed by atoms with E-state index in [2.05, 4.69) is 15.5 Å². The number of aromatic nitrogens is 3. The van der Waals surface area contributed by atoms with Gasteiger partial charge in [0, 0.05) is 38.5 Å². The lowest BCUT2D eigenvalue weighted by Gasteiger charge is -2.31. The molecule has 9 heteroatoms. The van der Waals surface area contributed by atoms with Crippen LogP contribution in [0.1, 0.15) is 36.7 Å². The van der Waals surface area contributed by atoms with Crippen molar-refractivity contribution in [1.29, 1.82) is 0 Å². The Morgan fingerprint density at radius 3 is 2.62 bits per heavy atom. The smallest absolute Gasteiger partial charge is 0.243 e. The molecular formula is C20H29N5O3S. The first-order chi connectivity index (χ1) is 13.8. The minimum atomic E-state index is -3.53. The van der Waals surface area contributed by atoms with Crippen molar-refractivity contribution in [2.75, 3.05) is 19.6 Å². The van der Waals surface area contributed by atoms with Gasteiger partial charge in [-0.3, -0.25) is 4.79 Å². The van der Waals surface area contributed by atoms with Crippen LogP contribution < -0.4 is 5.32 Å². The zero-order chi connectivity index (χ0) is 21.0. The number of sulfonamides is 1. The van der Waals surface area contributed by atoms with Crippen LogP contribution in [0.25, 0.3) is 0 Å². The zero-order valence-electron chi connectivity index (χ0n) is 17.3. The fraction of sp³-hybridized carbons (Fsp3) is 0.550. The van der Waals surface area contributed by atoms with Gasteiger partial charge < -0.3 is 9.88 Å². The van der Waals surface area contributed by atoms with Crippen LogP contribution in [0, 0.1) is 19.8 Å². The van der Waals surface area contributed by atoms with Gasteiger partial charge in [-0.05, 0) is 45.2 Å². The van der Waals surface area contributed by atoms with Gasteiger partial charge in [0.2, 0.25) is 15.9 Å². The molecule has 0 radical (unpaired) electrons. The second-order valence-corrected chi connectivity index (χ2v) is 9.43. The Balaban J connectivity index is 1.52. The second kappa shape index (κ2) is 9.04. The summed E-state index contributed by atoms with van der Waals surface area (Å²) in [6.45, 7) is 7.79. The van der Waals surface area contributed by atoms with Gasteiger partial charge in [-0.15, -0.1) is 10.2 Å². The van der Waals surface area contributed by atoms with E-state index in [9.17, 15) is 13.2 Å². The number of hydrogen-bond acceptors (Lipinski definition) is 5. The lowest BCUT2D eigenvalue weighted by molar-refractivity contribution is -0.126. The highest BCUT2D eigenvalue weighted by molar-refractivity contribution is 7.89. The molecule has 29 heavy (non-hydrogen) atoms. The van der Waals surface area contributed by atoms with E-state index >= 15 is 0 Å². The first-order valence-corrected chi connectivity index (χ1v) is 11.5. The SMILES string of the molecule is CCn1cnnc1CCNC(=O)C1CCN(S(=O)(=O)c2ccc(C)cc2C)CC1. The molecule has 0 spiro atoms. The minimum absolute atomic E-state index is 0.0175. The van der Waals surface area contributed by atoms with E-state index < -0.39 is 10.0 Å². The van der Waals surface area contributed by atoms with Crippen molar-refractivity contribution in [2.24, 2.45) is 5.92 Å². The fourth-order valence-electron chi connectivity index (χ4n) is 3.76. The lowest BCUT2D eigenvalue weighted by Crippen LogP contribution is -2.43. The Hall–Kier alpha value is -2.26. The van der Waals surface area contributed by atoms with Gasteiger partial charge in [0.25, 0.3) is 0 Å². The summed E-state index contributed by atoms with van der Waals surface area (Å²) in [5.41, 5.74) is 1.79. The summed E-state index contributed by atoms with van der Waals surface area (Å²) >= 11 is 0. The Labute approximate surface area is 172 Å². The summed E-state index contributed by atoms with van der Waals surface area (Å²) in [6.07, 6.45) is 3.37. The van der Waals surface area contributed by atoms with E-state index in [0.29, 0.717) is 43.8 Å². The molecule has 1 amide bonds. The number of benzene rings is 1. The zero-order valence-corrected chi connectivity index (χ0v) is 18.1. The largest absolute Gasteiger partial charge is 0.355 e. The molecule has 1 N–H and O–H groups in total. The van der Waals surface area contributed by atoms with Gasteiger partial charge in [-0.25, -0.2) is 8.42 Å². The summed E-state index contributed by atoms with van der Waals surface area (Å²) in [5.74, 6) is 0.669. The molecule has 1 aromatic heterocycles. The Kier molecular flexibility index (Phi) is 6.69. The van der Waals surface area contributed by atoms with E-state index in [1.807, 2.05) is 37.5 Å².